The summed E-state index contributed by atoms with van der Waals surface area (Å²) in [5.41, 5.74) is 2.70. The quantitative estimate of drug-likeness (QED) is 0.741. The van der Waals surface area contributed by atoms with Crippen molar-refractivity contribution in [2.24, 2.45) is 5.92 Å². The monoisotopic (exact) mass is 427 g/mol. The van der Waals surface area contributed by atoms with E-state index in [0.717, 1.165) is 31.2 Å². The van der Waals surface area contributed by atoms with Crippen LogP contribution in [-0.4, -0.2) is 42.2 Å². The lowest BCUT2D eigenvalue weighted by Gasteiger charge is -2.35. The highest BCUT2D eigenvalue weighted by molar-refractivity contribution is 7.13. The predicted molar refractivity (Wildman–Crippen MR) is 109 cm³/mol. The lowest BCUT2D eigenvalue weighted by atomic mass is 9.77. The van der Waals surface area contributed by atoms with Crippen molar-refractivity contribution in [1.82, 2.24) is 10.2 Å². The molecule has 3 atom stereocenters. The summed E-state index contributed by atoms with van der Waals surface area (Å²) >= 11 is 1.25. The minimum Gasteiger partial charge on any atom is -0.493 e. The molecule has 2 aromatic rings. The molecule has 0 saturated heterocycles. The Balaban J connectivity index is 1.66. The SMILES string of the molecule is COc1ccc(C2C3=C(OC4CCCCC4C3=O)C(=O)N2c2nncs2)cc1OC. The van der Waals surface area contributed by atoms with Crippen LogP contribution in [-0.2, 0) is 14.3 Å². The van der Waals surface area contributed by atoms with E-state index < -0.39 is 6.04 Å². The maximum atomic E-state index is 13.6. The molecule has 1 fully saturated rings. The standard InChI is InChI=1S/C21H21N3O5S/c1-27-14-8-7-11(9-15(14)28-2)17-16-18(25)12-5-3-4-6-13(12)29-19(16)20(26)24(17)21-23-22-10-30-21/h7-10,12-13,17H,3-6H2,1-2H3. The van der Waals surface area contributed by atoms with Gasteiger partial charge in [-0.2, -0.15) is 0 Å². The fourth-order valence-electron chi connectivity index (χ4n) is 4.65. The molecule has 1 aromatic carbocycles. The van der Waals surface area contributed by atoms with Gasteiger partial charge >= 0.3 is 0 Å². The molecule has 3 unspecified atom stereocenters. The zero-order valence-electron chi connectivity index (χ0n) is 16.7. The molecule has 0 radical (unpaired) electrons. The molecule has 3 heterocycles. The molecule has 1 saturated carbocycles. The number of methoxy groups -OCH3 is 2. The summed E-state index contributed by atoms with van der Waals surface area (Å²) in [5, 5.41) is 8.41. The molecule has 8 nitrogen and oxygen atoms in total. The fraction of sp³-hybridized carbons (Fsp3) is 0.429. The van der Waals surface area contributed by atoms with Crippen molar-refractivity contribution < 1.29 is 23.8 Å². The van der Waals surface area contributed by atoms with Gasteiger partial charge in [0.2, 0.25) is 5.13 Å². The summed E-state index contributed by atoms with van der Waals surface area (Å²) < 4.78 is 16.9. The van der Waals surface area contributed by atoms with Crippen molar-refractivity contribution in [3.05, 3.63) is 40.6 Å². The van der Waals surface area contributed by atoms with Crippen molar-refractivity contribution in [3.8, 4) is 11.5 Å². The van der Waals surface area contributed by atoms with Crippen molar-refractivity contribution >= 4 is 28.2 Å². The molecule has 30 heavy (non-hydrogen) atoms. The average Bonchev–Trinajstić information content (AvgIpc) is 3.40. The zero-order valence-corrected chi connectivity index (χ0v) is 17.5. The van der Waals surface area contributed by atoms with Gasteiger partial charge in [-0.25, -0.2) is 0 Å². The topological polar surface area (TPSA) is 90.9 Å². The predicted octanol–water partition coefficient (Wildman–Crippen LogP) is 3.06. The number of hydrogen-bond acceptors (Lipinski definition) is 8. The first kappa shape index (κ1) is 19.0. The molecule has 3 aliphatic rings. The van der Waals surface area contributed by atoms with Gasteiger partial charge in [0, 0.05) is 0 Å². The summed E-state index contributed by atoms with van der Waals surface area (Å²) in [6, 6.07) is 4.76. The zero-order chi connectivity index (χ0) is 20.8. The molecule has 1 aromatic heterocycles. The highest BCUT2D eigenvalue weighted by atomic mass is 32.1. The number of ether oxygens (including phenoxy) is 3. The van der Waals surface area contributed by atoms with Gasteiger partial charge in [0.25, 0.3) is 5.91 Å². The van der Waals surface area contributed by atoms with Crippen LogP contribution in [0, 0.1) is 5.92 Å². The summed E-state index contributed by atoms with van der Waals surface area (Å²) in [6.45, 7) is 0. The van der Waals surface area contributed by atoms with Gasteiger partial charge in [0.1, 0.15) is 11.6 Å². The van der Waals surface area contributed by atoms with Crippen LogP contribution in [0.1, 0.15) is 37.3 Å². The van der Waals surface area contributed by atoms with Gasteiger partial charge in [-0.05, 0) is 37.0 Å². The molecule has 5 rings (SSSR count). The number of benzene rings is 1. The van der Waals surface area contributed by atoms with Gasteiger partial charge in [-0.1, -0.05) is 23.8 Å². The maximum Gasteiger partial charge on any atom is 0.296 e. The lowest BCUT2D eigenvalue weighted by molar-refractivity contribution is -0.131. The van der Waals surface area contributed by atoms with Crippen LogP contribution in [0.25, 0.3) is 0 Å². The van der Waals surface area contributed by atoms with E-state index in [1.54, 1.807) is 31.9 Å². The Bertz CT molecular complexity index is 1040. The second-order valence-electron chi connectivity index (χ2n) is 7.57. The van der Waals surface area contributed by atoms with E-state index in [9.17, 15) is 9.59 Å². The Morgan fingerprint density at radius 1 is 1.13 bits per heavy atom. The molecule has 1 aliphatic carbocycles. The normalized spacial score (nSPS) is 25.7. The van der Waals surface area contributed by atoms with Crippen LogP contribution in [0.15, 0.2) is 35.0 Å². The van der Waals surface area contributed by atoms with Gasteiger partial charge in [0.15, 0.2) is 23.0 Å². The van der Waals surface area contributed by atoms with Crippen molar-refractivity contribution in [2.75, 3.05) is 19.1 Å². The Morgan fingerprint density at radius 2 is 1.93 bits per heavy atom. The Kier molecular flexibility index (Phi) is 4.69. The largest absolute Gasteiger partial charge is 0.493 e. The van der Waals surface area contributed by atoms with E-state index in [-0.39, 0.29) is 29.5 Å². The number of nitrogens with zero attached hydrogens (tertiary/aromatic N) is 3. The molecular formula is C21H21N3O5S. The maximum absolute atomic E-state index is 13.6. The number of carbonyl (C=O) groups excluding carboxylic acids is 2. The molecule has 0 spiro atoms. The molecule has 9 heteroatoms. The Morgan fingerprint density at radius 3 is 2.67 bits per heavy atom. The molecule has 2 aliphatic heterocycles. The number of amides is 1. The summed E-state index contributed by atoms with van der Waals surface area (Å²) in [4.78, 5) is 28.5. The van der Waals surface area contributed by atoms with Crippen LogP contribution in [0.4, 0.5) is 5.13 Å². The number of hydrogen-bond donors (Lipinski definition) is 0. The second-order valence-corrected chi connectivity index (χ2v) is 8.38. The first-order valence-electron chi connectivity index (χ1n) is 9.90. The third-order valence-corrected chi connectivity index (χ3v) is 6.73. The number of carbonyl (C=O) groups is 2. The number of ketones is 1. The first-order chi connectivity index (χ1) is 14.6. The van der Waals surface area contributed by atoms with Crippen LogP contribution < -0.4 is 14.4 Å². The number of fused-ring (bicyclic) bond motifs is 1. The number of aromatic nitrogens is 2. The van der Waals surface area contributed by atoms with Crippen molar-refractivity contribution in [1.29, 1.82) is 0 Å². The van der Waals surface area contributed by atoms with Gasteiger partial charge in [0.05, 0.1) is 31.8 Å². The van der Waals surface area contributed by atoms with E-state index >= 15 is 0 Å². The van der Waals surface area contributed by atoms with Gasteiger partial charge in [-0.15, -0.1) is 10.2 Å². The molecule has 0 bridgehead atoms. The fourth-order valence-corrected chi connectivity index (χ4v) is 5.24. The van der Waals surface area contributed by atoms with E-state index in [1.165, 1.54) is 16.2 Å². The molecule has 0 N–H and O–H groups in total. The van der Waals surface area contributed by atoms with E-state index in [4.69, 9.17) is 14.2 Å². The molecule has 1 amide bonds. The Labute approximate surface area is 177 Å². The Hall–Kier alpha value is -2.94. The summed E-state index contributed by atoms with van der Waals surface area (Å²) in [6.07, 6.45) is 3.35. The number of anilines is 1. The third kappa shape index (κ3) is 2.79. The average molecular weight is 427 g/mol. The van der Waals surface area contributed by atoms with Crippen LogP contribution >= 0.6 is 11.3 Å². The molecule has 156 valence electrons. The third-order valence-electron chi connectivity index (χ3n) is 6.04. The minimum atomic E-state index is -0.643. The van der Waals surface area contributed by atoms with Gasteiger partial charge in [-0.3, -0.25) is 14.5 Å². The smallest absolute Gasteiger partial charge is 0.296 e. The van der Waals surface area contributed by atoms with E-state index in [0.29, 0.717) is 22.2 Å². The van der Waals surface area contributed by atoms with E-state index in [2.05, 4.69) is 10.2 Å². The van der Waals surface area contributed by atoms with Crippen LogP contribution in [0.2, 0.25) is 0 Å². The van der Waals surface area contributed by atoms with Crippen molar-refractivity contribution in [3.63, 3.8) is 0 Å². The van der Waals surface area contributed by atoms with Crippen molar-refractivity contribution in [2.45, 2.75) is 37.8 Å². The van der Waals surface area contributed by atoms with Crippen LogP contribution in [0.5, 0.6) is 11.5 Å². The highest BCUT2D eigenvalue weighted by Crippen LogP contribution is 2.49. The van der Waals surface area contributed by atoms with E-state index in [1.807, 2.05) is 6.07 Å². The van der Waals surface area contributed by atoms with Crippen LogP contribution in [0.3, 0.4) is 0 Å². The first-order valence-corrected chi connectivity index (χ1v) is 10.8. The summed E-state index contributed by atoms with van der Waals surface area (Å²) in [7, 11) is 3.11. The highest BCUT2D eigenvalue weighted by Gasteiger charge is 2.53. The molecular weight excluding hydrogens is 406 g/mol. The summed E-state index contributed by atoms with van der Waals surface area (Å²) in [5.74, 6) is 0.690. The van der Waals surface area contributed by atoms with Gasteiger partial charge < -0.3 is 14.2 Å². The number of Topliss-reactive ketones (excluding diaryl/α,β-unsaturated/α-hetero) is 1. The lowest BCUT2D eigenvalue weighted by Crippen LogP contribution is -2.39. The minimum absolute atomic E-state index is 0.00102. The number of rotatable bonds is 4. The second kappa shape index (κ2) is 7.39.